The van der Waals surface area contributed by atoms with E-state index >= 15 is 0 Å². The summed E-state index contributed by atoms with van der Waals surface area (Å²) >= 11 is 0. The molecule has 0 amide bonds. The number of methoxy groups -OCH3 is 1. The van der Waals surface area contributed by atoms with E-state index in [0.29, 0.717) is 5.46 Å². The lowest BCUT2D eigenvalue weighted by molar-refractivity contribution is 0.165. The van der Waals surface area contributed by atoms with Gasteiger partial charge in [-0.1, -0.05) is 12.1 Å². The molecule has 0 radical (unpaired) electrons. The molecule has 5 heteroatoms. The van der Waals surface area contributed by atoms with Crippen LogP contribution in [0.25, 0.3) is 0 Å². The largest absolute Gasteiger partial charge is 0.496 e. The zero-order valence-corrected chi connectivity index (χ0v) is 11.9. The first-order valence-corrected chi connectivity index (χ1v) is 6.72. The van der Waals surface area contributed by atoms with Gasteiger partial charge in [-0.2, -0.15) is 0 Å². The van der Waals surface area contributed by atoms with Crippen LogP contribution in [0, 0.1) is 0 Å². The van der Waals surface area contributed by atoms with Crippen LogP contribution >= 0.6 is 0 Å². The molecule has 0 aliphatic carbocycles. The topological polar surface area (TPSA) is 52.9 Å². The van der Waals surface area contributed by atoms with E-state index in [1.165, 1.54) is 12.8 Å². The lowest BCUT2D eigenvalue weighted by Crippen LogP contribution is -2.38. The highest BCUT2D eigenvalue weighted by Crippen LogP contribution is 2.31. The maximum atomic E-state index is 9.28. The molecule has 0 spiro atoms. The number of rotatable bonds is 4. The first kappa shape index (κ1) is 14.4. The maximum absolute atomic E-state index is 9.28. The van der Waals surface area contributed by atoms with Crippen molar-refractivity contribution in [2.75, 3.05) is 13.7 Å². The summed E-state index contributed by atoms with van der Waals surface area (Å²) < 4.78 is 5.37. The quantitative estimate of drug-likeness (QED) is 0.787. The number of nitrogens with zero attached hydrogens (tertiary/aromatic N) is 1. The highest BCUT2D eigenvalue weighted by molar-refractivity contribution is 6.58. The molecule has 0 bridgehead atoms. The van der Waals surface area contributed by atoms with Crippen molar-refractivity contribution in [3.63, 3.8) is 0 Å². The van der Waals surface area contributed by atoms with Gasteiger partial charge in [-0.05, 0) is 44.8 Å². The Morgan fingerprint density at radius 1 is 1.37 bits per heavy atom. The summed E-state index contributed by atoms with van der Waals surface area (Å²) in [5, 5.41) is 18.6. The van der Waals surface area contributed by atoms with E-state index in [1.807, 2.05) is 6.07 Å². The van der Waals surface area contributed by atoms with E-state index in [9.17, 15) is 10.0 Å². The van der Waals surface area contributed by atoms with Gasteiger partial charge in [0.25, 0.3) is 0 Å². The van der Waals surface area contributed by atoms with E-state index in [2.05, 4.69) is 18.7 Å². The van der Waals surface area contributed by atoms with Gasteiger partial charge in [-0.25, -0.2) is 0 Å². The number of benzene rings is 1. The van der Waals surface area contributed by atoms with Gasteiger partial charge in [0.1, 0.15) is 5.75 Å². The summed E-state index contributed by atoms with van der Waals surface area (Å²) in [6.07, 6.45) is 2.40. The van der Waals surface area contributed by atoms with Crippen LogP contribution in [0.4, 0.5) is 0 Å². The summed E-state index contributed by atoms with van der Waals surface area (Å²) in [6.45, 7) is 6.34. The molecule has 1 heterocycles. The number of hydrogen-bond donors (Lipinski definition) is 2. The fraction of sp³-hybridized carbons (Fsp3) is 0.571. The summed E-state index contributed by atoms with van der Waals surface area (Å²) in [7, 11) is 0.208. The van der Waals surface area contributed by atoms with Crippen molar-refractivity contribution >= 4 is 12.6 Å². The molecule has 1 saturated heterocycles. The van der Waals surface area contributed by atoms with E-state index < -0.39 is 7.12 Å². The predicted molar refractivity (Wildman–Crippen MR) is 76.5 cm³/mol. The predicted octanol–water partition coefficient (Wildman–Crippen LogP) is 0.749. The standard InChI is InChI=1S/C14H22BNO3/c1-14(2)7-4-8-16(14)10-11-9-12(15(17)18)5-6-13(11)19-3/h5-6,9,17-18H,4,7-8,10H2,1-3H3. The Hall–Kier alpha value is -1.04. The first-order valence-electron chi connectivity index (χ1n) is 6.72. The minimum Gasteiger partial charge on any atom is -0.496 e. The lowest BCUT2D eigenvalue weighted by atomic mass is 9.79. The second kappa shape index (κ2) is 5.53. The van der Waals surface area contributed by atoms with Crippen LogP contribution < -0.4 is 10.2 Å². The van der Waals surface area contributed by atoms with E-state index in [-0.39, 0.29) is 5.54 Å². The fourth-order valence-corrected chi connectivity index (χ4v) is 2.74. The van der Waals surface area contributed by atoms with Crippen molar-refractivity contribution in [3.05, 3.63) is 23.8 Å². The van der Waals surface area contributed by atoms with Crippen molar-refractivity contribution in [3.8, 4) is 5.75 Å². The minimum atomic E-state index is -1.43. The van der Waals surface area contributed by atoms with Crippen LogP contribution in [0.5, 0.6) is 5.75 Å². The first-order chi connectivity index (χ1) is 8.94. The van der Waals surface area contributed by atoms with Crippen LogP contribution in [-0.4, -0.2) is 41.3 Å². The molecule has 1 aromatic rings. The smallest absolute Gasteiger partial charge is 0.488 e. The Morgan fingerprint density at radius 2 is 2.11 bits per heavy atom. The van der Waals surface area contributed by atoms with Crippen molar-refractivity contribution < 1.29 is 14.8 Å². The van der Waals surface area contributed by atoms with Crippen molar-refractivity contribution in [1.82, 2.24) is 4.90 Å². The monoisotopic (exact) mass is 263 g/mol. The molecule has 1 aliphatic rings. The van der Waals surface area contributed by atoms with Gasteiger partial charge in [-0.3, -0.25) is 4.90 Å². The molecule has 1 fully saturated rings. The van der Waals surface area contributed by atoms with E-state index in [1.54, 1.807) is 19.2 Å². The van der Waals surface area contributed by atoms with Gasteiger partial charge in [-0.15, -0.1) is 0 Å². The van der Waals surface area contributed by atoms with Gasteiger partial charge in [0.15, 0.2) is 0 Å². The van der Waals surface area contributed by atoms with Crippen LogP contribution in [0.15, 0.2) is 18.2 Å². The second-order valence-corrected chi connectivity index (χ2v) is 5.78. The van der Waals surface area contributed by atoms with E-state index in [4.69, 9.17) is 4.74 Å². The van der Waals surface area contributed by atoms with Crippen molar-refractivity contribution in [1.29, 1.82) is 0 Å². The Morgan fingerprint density at radius 3 is 2.63 bits per heavy atom. The minimum absolute atomic E-state index is 0.193. The van der Waals surface area contributed by atoms with E-state index in [0.717, 1.165) is 24.4 Å². The molecule has 0 aromatic heterocycles. The van der Waals surface area contributed by atoms with Crippen LogP contribution in [0.2, 0.25) is 0 Å². The summed E-state index contributed by atoms with van der Waals surface area (Å²) in [6, 6.07) is 5.30. The van der Waals surface area contributed by atoms with Crippen LogP contribution in [0.3, 0.4) is 0 Å². The molecular weight excluding hydrogens is 241 g/mol. The second-order valence-electron chi connectivity index (χ2n) is 5.78. The zero-order chi connectivity index (χ0) is 14.0. The van der Waals surface area contributed by atoms with Gasteiger partial charge in [0.2, 0.25) is 0 Å². The van der Waals surface area contributed by atoms with Gasteiger partial charge in [0, 0.05) is 17.6 Å². The molecule has 0 atom stereocenters. The van der Waals surface area contributed by atoms with Gasteiger partial charge < -0.3 is 14.8 Å². The Bertz CT molecular complexity index is 448. The van der Waals surface area contributed by atoms with Gasteiger partial charge in [0.05, 0.1) is 7.11 Å². The summed E-state index contributed by atoms with van der Waals surface area (Å²) in [4.78, 5) is 2.42. The molecule has 0 saturated carbocycles. The Kier molecular flexibility index (Phi) is 4.18. The molecule has 2 N–H and O–H groups in total. The summed E-state index contributed by atoms with van der Waals surface area (Å²) in [5.41, 5.74) is 1.70. The molecular formula is C14H22BNO3. The normalized spacial score (nSPS) is 18.6. The van der Waals surface area contributed by atoms with Crippen molar-refractivity contribution in [2.24, 2.45) is 0 Å². The number of hydrogen-bond acceptors (Lipinski definition) is 4. The highest BCUT2D eigenvalue weighted by Gasteiger charge is 2.32. The fourth-order valence-electron chi connectivity index (χ4n) is 2.74. The maximum Gasteiger partial charge on any atom is 0.488 e. The molecule has 1 aromatic carbocycles. The van der Waals surface area contributed by atoms with Crippen molar-refractivity contribution in [2.45, 2.75) is 38.8 Å². The molecule has 2 rings (SSSR count). The molecule has 104 valence electrons. The third-order valence-corrected chi connectivity index (χ3v) is 4.04. The zero-order valence-electron chi connectivity index (χ0n) is 11.9. The SMILES string of the molecule is COc1ccc(B(O)O)cc1CN1CCCC1(C)C. The third-order valence-electron chi connectivity index (χ3n) is 4.04. The average Bonchev–Trinajstić information content (AvgIpc) is 2.68. The molecule has 0 unspecified atom stereocenters. The third kappa shape index (κ3) is 3.11. The van der Waals surface area contributed by atoms with Gasteiger partial charge >= 0.3 is 7.12 Å². The average molecular weight is 263 g/mol. The Balaban J connectivity index is 2.25. The molecule has 19 heavy (non-hydrogen) atoms. The Labute approximate surface area is 115 Å². The van der Waals surface area contributed by atoms with Crippen LogP contribution in [0.1, 0.15) is 32.3 Å². The number of ether oxygens (including phenoxy) is 1. The number of likely N-dealkylation sites (tertiary alicyclic amines) is 1. The van der Waals surface area contributed by atoms with Crippen LogP contribution in [-0.2, 0) is 6.54 Å². The lowest BCUT2D eigenvalue weighted by Gasteiger charge is -2.32. The summed E-state index contributed by atoms with van der Waals surface area (Å²) in [5.74, 6) is 0.798. The molecule has 1 aliphatic heterocycles. The highest BCUT2D eigenvalue weighted by atomic mass is 16.5. The molecule has 4 nitrogen and oxygen atoms in total.